The number of halogens is 1. The van der Waals surface area contributed by atoms with Gasteiger partial charge >= 0.3 is 0 Å². The number of aromatic nitrogens is 1. The van der Waals surface area contributed by atoms with Crippen molar-refractivity contribution < 1.29 is 9.59 Å². The van der Waals surface area contributed by atoms with Crippen molar-refractivity contribution in [2.75, 3.05) is 11.9 Å². The fourth-order valence-corrected chi connectivity index (χ4v) is 3.12. The molecule has 3 aromatic rings. The van der Waals surface area contributed by atoms with E-state index in [1.165, 1.54) is 10.6 Å². The summed E-state index contributed by atoms with van der Waals surface area (Å²) in [6.45, 7) is 2.57. The summed E-state index contributed by atoms with van der Waals surface area (Å²) in [5.41, 5.74) is 1.46. The quantitative estimate of drug-likeness (QED) is 0.505. The molecule has 0 atom stereocenters. The van der Waals surface area contributed by atoms with Crippen LogP contribution < -0.4 is 16.2 Å². The van der Waals surface area contributed by atoms with Crippen LogP contribution in [0.5, 0.6) is 0 Å². The second-order valence-corrected chi connectivity index (χ2v) is 7.63. The van der Waals surface area contributed by atoms with Crippen LogP contribution >= 0.6 is 15.9 Å². The molecule has 7 heteroatoms. The maximum Gasteiger partial charge on any atom is 0.267 e. The predicted octanol–water partition coefficient (Wildman–Crippen LogP) is 4.38. The molecule has 0 aliphatic rings. The third-order valence-corrected chi connectivity index (χ3v) is 5.05. The van der Waals surface area contributed by atoms with Crippen LogP contribution in [0.15, 0.2) is 76.1 Å². The molecule has 0 radical (unpaired) electrons. The van der Waals surface area contributed by atoms with Crippen LogP contribution in [0.2, 0.25) is 0 Å². The number of anilines is 1. The van der Waals surface area contributed by atoms with Crippen LogP contribution in [0.1, 0.15) is 40.5 Å². The van der Waals surface area contributed by atoms with E-state index in [4.69, 9.17) is 0 Å². The lowest BCUT2D eigenvalue weighted by Gasteiger charge is -2.10. The summed E-state index contributed by atoms with van der Waals surface area (Å²) in [6, 6.07) is 17.1. The molecule has 0 unspecified atom stereocenters. The minimum Gasteiger partial charge on any atom is -0.352 e. The molecule has 6 nitrogen and oxygen atoms in total. The van der Waals surface area contributed by atoms with Gasteiger partial charge in [-0.05, 0) is 67.1 Å². The summed E-state index contributed by atoms with van der Waals surface area (Å²) in [4.78, 5) is 37.4. The summed E-state index contributed by atoms with van der Waals surface area (Å²) in [5.74, 6) is -0.598. The van der Waals surface area contributed by atoms with Gasteiger partial charge in [-0.3, -0.25) is 19.0 Å². The van der Waals surface area contributed by atoms with Crippen molar-refractivity contribution in [1.29, 1.82) is 0 Å². The van der Waals surface area contributed by atoms with Gasteiger partial charge < -0.3 is 10.6 Å². The van der Waals surface area contributed by atoms with Gasteiger partial charge in [-0.25, -0.2) is 0 Å². The van der Waals surface area contributed by atoms with E-state index in [1.807, 2.05) is 6.92 Å². The van der Waals surface area contributed by atoms with E-state index in [0.29, 0.717) is 23.5 Å². The SMILES string of the molecule is CCCCNC(=O)c1cccn(-c2ccc(NC(=O)c3ccc(Br)cc3)cc2)c1=O. The molecular formula is C23H22BrN3O3. The number of hydrogen-bond acceptors (Lipinski definition) is 3. The van der Waals surface area contributed by atoms with Crippen molar-refractivity contribution in [1.82, 2.24) is 9.88 Å². The first-order chi connectivity index (χ1) is 14.5. The van der Waals surface area contributed by atoms with Gasteiger partial charge in [0.2, 0.25) is 0 Å². The number of pyridine rings is 1. The highest BCUT2D eigenvalue weighted by molar-refractivity contribution is 9.10. The minimum atomic E-state index is -0.391. The van der Waals surface area contributed by atoms with E-state index in [2.05, 4.69) is 26.6 Å². The Balaban J connectivity index is 1.75. The van der Waals surface area contributed by atoms with Gasteiger partial charge in [0.05, 0.1) is 0 Å². The highest BCUT2D eigenvalue weighted by atomic mass is 79.9. The maximum absolute atomic E-state index is 12.7. The molecule has 1 heterocycles. The first-order valence-electron chi connectivity index (χ1n) is 9.67. The Morgan fingerprint density at radius 3 is 2.33 bits per heavy atom. The lowest BCUT2D eigenvalue weighted by atomic mass is 10.2. The Morgan fingerprint density at radius 1 is 0.967 bits per heavy atom. The Hall–Kier alpha value is -3.19. The van der Waals surface area contributed by atoms with E-state index < -0.39 is 5.56 Å². The smallest absolute Gasteiger partial charge is 0.267 e. The van der Waals surface area contributed by atoms with Gasteiger partial charge in [0.15, 0.2) is 0 Å². The van der Waals surface area contributed by atoms with Gasteiger partial charge in [-0.15, -0.1) is 0 Å². The number of carbonyl (C=O) groups excluding carboxylic acids is 2. The molecule has 0 bridgehead atoms. The molecule has 0 aliphatic heterocycles. The molecule has 0 aliphatic carbocycles. The molecular weight excluding hydrogens is 446 g/mol. The standard InChI is InChI=1S/C23H22BrN3O3/c1-2-3-14-25-22(29)20-5-4-15-27(23(20)30)19-12-10-18(11-13-19)26-21(28)16-6-8-17(24)9-7-16/h4-13,15H,2-3,14H2,1H3,(H,25,29)(H,26,28). The normalized spacial score (nSPS) is 10.5. The second-order valence-electron chi connectivity index (χ2n) is 6.71. The minimum absolute atomic E-state index is 0.0984. The van der Waals surface area contributed by atoms with Gasteiger partial charge in [-0.2, -0.15) is 0 Å². The zero-order chi connectivity index (χ0) is 21.5. The molecule has 30 heavy (non-hydrogen) atoms. The first-order valence-corrected chi connectivity index (χ1v) is 10.5. The largest absolute Gasteiger partial charge is 0.352 e. The van der Waals surface area contributed by atoms with Gasteiger partial charge in [-0.1, -0.05) is 29.3 Å². The molecule has 3 rings (SSSR count). The van der Waals surface area contributed by atoms with Crippen molar-refractivity contribution in [2.24, 2.45) is 0 Å². The summed E-state index contributed by atoms with van der Waals surface area (Å²) in [5, 5.41) is 5.59. The molecule has 0 fully saturated rings. The van der Waals surface area contributed by atoms with Crippen LogP contribution in [0.3, 0.4) is 0 Å². The highest BCUT2D eigenvalue weighted by Crippen LogP contribution is 2.15. The molecule has 2 aromatic carbocycles. The van der Waals surface area contributed by atoms with Crippen molar-refractivity contribution in [2.45, 2.75) is 19.8 Å². The van der Waals surface area contributed by atoms with Gasteiger partial charge in [0.1, 0.15) is 5.56 Å². The van der Waals surface area contributed by atoms with Crippen molar-refractivity contribution in [3.8, 4) is 5.69 Å². The molecule has 0 saturated heterocycles. The van der Waals surface area contributed by atoms with E-state index in [-0.39, 0.29) is 17.4 Å². The molecule has 0 saturated carbocycles. The van der Waals surface area contributed by atoms with Crippen molar-refractivity contribution >= 4 is 33.4 Å². The Kier molecular flexibility index (Phi) is 7.19. The summed E-state index contributed by atoms with van der Waals surface area (Å²) in [7, 11) is 0. The van der Waals surface area contributed by atoms with Gasteiger partial charge in [0, 0.05) is 34.2 Å². The molecule has 0 spiro atoms. The highest BCUT2D eigenvalue weighted by Gasteiger charge is 2.12. The van der Waals surface area contributed by atoms with Crippen LogP contribution in [0, 0.1) is 0 Å². The zero-order valence-corrected chi connectivity index (χ0v) is 18.1. The van der Waals surface area contributed by atoms with Crippen LogP contribution in [0.25, 0.3) is 5.69 Å². The topological polar surface area (TPSA) is 80.2 Å². The average Bonchev–Trinajstić information content (AvgIpc) is 2.75. The van der Waals surface area contributed by atoms with E-state index >= 15 is 0 Å². The lowest BCUT2D eigenvalue weighted by Crippen LogP contribution is -2.32. The Bertz CT molecular complexity index is 1090. The molecule has 154 valence electrons. The number of nitrogens with one attached hydrogen (secondary N) is 2. The predicted molar refractivity (Wildman–Crippen MR) is 121 cm³/mol. The van der Waals surface area contributed by atoms with E-state index in [0.717, 1.165) is 17.3 Å². The van der Waals surface area contributed by atoms with E-state index in [9.17, 15) is 14.4 Å². The number of nitrogens with zero attached hydrogens (tertiary/aromatic N) is 1. The van der Waals surface area contributed by atoms with Crippen LogP contribution in [0.4, 0.5) is 5.69 Å². The fourth-order valence-electron chi connectivity index (χ4n) is 2.85. The molecule has 2 N–H and O–H groups in total. The van der Waals surface area contributed by atoms with Crippen LogP contribution in [-0.2, 0) is 0 Å². The van der Waals surface area contributed by atoms with E-state index in [1.54, 1.807) is 60.8 Å². The lowest BCUT2D eigenvalue weighted by molar-refractivity contribution is 0.0950. The maximum atomic E-state index is 12.7. The molecule has 2 amide bonds. The van der Waals surface area contributed by atoms with Gasteiger partial charge in [0.25, 0.3) is 17.4 Å². The van der Waals surface area contributed by atoms with Crippen molar-refractivity contribution in [3.05, 3.63) is 92.8 Å². The zero-order valence-electron chi connectivity index (χ0n) is 16.5. The first kappa shape index (κ1) is 21.5. The third-order valence-electron chi connectivity index (χ3n) is 4.52. The number of benzene rings is 2. The monoisotopic (exact) mass is 467 g/mol. The molecule has 1 aromatic heterocycles. The Morgan fingerprint density at radius 2 is 1.67 bits per heavy atom. The van der Waals surface area contributed by atoms with Crippen LogP contribution in [-0.4, -0.2) is 22.9 Å². The number of unbranched alkanes of at least 4 members (excludes halogenated alkanes) is 1. The Labute approximate surface area is 183 Å². The summed E-state index contributed by atoms with van der Waals surface area (Å²) >= 11 is 3.34. The average molecular weight is 468 g/mol. The number of carbonyl (C=O) groups is 2. The van der Waals surface area contributed by atoms with Crippen molar-refractivity contribution in [3.63, 3.8) is 0 Å². The number of rotatable bonds is 7. The number of hydrogen-bond donors (Lipinski definition) is 2. The summed E-state index contributed by atoms with van der Waals surface area (Å²) in [6.07, 6.45) is 3.44. The summed E-state index contributed by atoms with van der Waals surface area (Å²) < 4.78 is 2.31. The fraction of sp³-hybridized carbons (Fsp3) is 0.174. The number of amides is 2. The third kappa shape index (κ3) is 5.24. The second kappa shape index (κ2) is 10.0.